The van der Waals surface area contributed by atoms with Gasteiger partial charge in [-0.1, -0.05) is 11.6 Å². The Kier molecular flexibility index (Phi) is 3.13. The van der Waals surface area contributed by atoms with E-state index in [0.29, 0.717) is 10.6 Å². The predicted octanol–water partition coefficient (Wildman–Crippen LogP) is 2.04. The summed E-state index contributed by atoms with van der Waals surface area (Å²) in [6, 6.07) is 2.38. The molecule has 3 N–H and O–H groups in total. The third kappa shape index (κ3) is 2.05. The number of nitrogens with two attached hydrogens (primary N) is 1. The number of carbonyl (C=O) groups is 1. The number of hydrogen-bond acceptors (Lipinski definition) is 2. The van der Waals surface area contributed by atoms with Crippen LogP contribution in [0.15, 0.2) is 12.1 Å². The van der Waals surface area contributed by atoms with Crippen molar-refractivity contribution < 1.29 is 9.90 Å². The lowest BCUT2D eigenvalue weighted by Crippen LogP contribution is -2.21. The second-order valence-corrected chi connectivity index (χ2v) is 3.69. The molecule has 0 spiro atoms. The summed E-state index contributed by atoms with van der Waals surface area (Å²) in [6.45, 7) is 3.71. The lowest BCUT2D eigenvalue weighted by Gasteiger charge is -2.13. The maximum atomic E-state index is 10.7. The van der Waals surface area contributed by atoms with Crippen LogP contribution in [0.2, 0.25) is 5.02 Å². The predicted molar refractivity (Wildman–Crippen MR) is 55.5 cm³/mol. The highest BCUT2D eigenvalue weighted by Crippen LogP contribution is 2.24. The van der Waals surface area contributed by atoms with Crippen molar-refractivity contribution in [2.24, 2.45) is 5.73 Å². The number of aryl methyl sites for hydroxylation is 1. The van der Waals surface area contributed by atoms with Gasteiger partial charge in [0.1, 0.15) is 6.04 Å². The summed E-state index contributed by atoms with van der Waals surface area (Å²) in [5, 5.41) is 9.29. The van der Waals surface area contributed by atoms with Gasteiger partial charge < -0.3 is 10.8 Å². The van der Waals surface area contributed by atoms with Gasteiger partial charge in [-0.25, -0.2) is 0 Å². The van der Waals surface area contributed by atoms with Gasteiger partial charge in [-0.15, -0.1) is 0 Å². The molecule has 14 heavy (non-hydrogen) atoms. The van der Waals surface area contributed by atoms with Gasteiger partial charge in [0.2, 0.25) is 0 Å². The number of benzene rings is 1. The fourth-order valence-corrected chi connectivity index (χ4v) is 1.58. The molecule has 1 rings (SSSR count). The van der Waals surface area contributed by atoms with Gasteiger partial charge in [0.15, 0.2) is 0 Å². The average Bonchev–Trinajstić information content (AvgIpc) is 2.09. The molecular formula is C10H12ClNO2. The van der Waals surface area contributed by atoms with Crippen LogP contribution >= 0.6 is 11.6 Å². The molecule has 1 atom stereocenters. The van der Waals surface area contributed by atoms with Gasteiger partial charge >= 0.3 is 5.97 Å². The number of rotatable bonds is 2. The van der Waals surface area contributed by atoms with Gasteiger partial charge in [0.25, 0.3) is 0 Å². The van der Waals surface area contributed by atoms with E-state index >= 15 is 0 Å². The highest BCUT2D eigenvalue weighted by molar-refractivity contribution is 6.30. The molecule has 0 aliphatic carbocycles. The second-order valence-electron chi connectivity index (χ2n) is 3.25. The molecule has 1 unspecified atom stereocenters. The van der Waals surface area contributed by atoms with E-state index in [2.05, 4.69) is 0 Å². The molecule has 3 nitrogen and oxygen atoms in total. The Morgan fingerprint density at radius 2 is 2.07 bits per heavy atom. The molecule has 0 aliphatic heterocycles. The summed E-state index contributed by atoms with van der Waals surface area (Å²) >= 11 is 5.82. The molecule has 1 aromatic rings. The van der Waals surface area contributed by atoms with Crippen molar-refractivity contribution in [1.29, 1.82) is 0 Å². The zero-order chi connectivity index (χ0) is 10.9. The first-order valence-electron chi connectivity index (χ1n) is 4.18. The zero-order valence-electron chi connectivity index (χ0n) is 8.04. The van der Waals surface area contributed by atoms with Gasteiger partial charge in [0, 0.05) is 5.02 Å². The van der Waals surface area contributed by atoms with Crippen molar-refractivity contribution in [2.45, 2.75) is 19.9 Å². The van der Waals surface area contributed by atoms with Gasteiger partial charge in [-0.2, -0.15) is 0 Å². The van der Waals surface area contributed by atoms with Crippen LogP contribution in [-0.4, -0.2) is 11.1 Å². The largest absolute Gasteiger partial charge is 0.480 e. The fourth-order valence-electron chi connectivity index (χ4n) is 1.30. The van der Waals surface area contributed by atoms with Crippen LogP contribution in [0.25, 0.3) is 0 Å². The van der Waals surface area contributed by atoms with E-state index in [4.69, 9.17) is 22.4 Å². The van der Waals surface area contributed by atoms with Crippen LogP contribution in [0.1, 0.15) is 22.7 Å². The summed E-state index contributed by atoms with van der Waals surface area (Å²) in [6.07, 6.45) is 0. The molecular weight excluding hydrogens is 202 g/mol. The second kappa shape index (κ2) is 3.98. The third-order valence-corrected chi connectivity index (χ3v) is 2.49. The van der Waals surface area contributed by atoms with E-state index < -0.39 is 12.0 Å². The van der Waals surface area contributed by atoms with Crippen LogP contribution in [-0.2, 0) is 4.79 Å². The van der Waals surface area contributed by atoms with Crippen molar-refractivity contribution in [3.05, 3.63) is 33.8 Å². The number of carboxylic acid groups (broad SMARTS) is 1. The van der Waals surface area contributed by atoms with Crippen molar-refractivity contribution >= 4 is 17.6 Å². The average molecular weight is 214 g/mol. The maximum Gasteiger partial charge on any atom is 0.325 e. The molecule has 0 heterocycles. The summed E-state index contributed by atoms with van der Waals surface area (Å²) in [4.78, 5) is 10.7. The van der Waals surface area contributed by atoms with Crippen LogP contribution in [0, 0.1) is 13.8 Å². The molecule has 4 heteroatoms. The molecule has 0 radical (unpaired) electrons. The van der Waals surface area contributed by atoms with E-state index in [1.807, 2.05) is 13.8 Å². The molecule has 1 aromatic carbocycles. The molecule has 0 saturated carbocycles. The summed E-state index contributed by atoms with van der Waals surface area (Å²) in [5.74, 6) is -1.05. The summed E-state index contributed by atoms with van der Waals surface area (Å²) in [7, 11) is 0. The topological polar surface area (TPSA) is 63.3 Å². The van der Waals surface area contributed by atoms with Gasteiger partial charge in [0.05, 0.1) is 0 Å². The fraction of sp³-hybridized carbons (Fsp3) is 0.300. The summed E-state index contributed by atoms with van der Waals surface area (Å²) < 4.78 is 0. The van der Waals surface area contributed by atoms with Crippen LogP contribution in [0.3, 0.4) is 0 Å². The Hall–Kier alpha value is -1.06. The minimum absolute atomic E-state index is 0.514. The van der Waals surface area contributed by atoms with Crippen molar-refractivity contribution in [3.63, 3.8) is 0 Å². The van der Waals surface area contributed by atoms with E-state index in [9.17, 15) is 4.79 Å². The molecule has 0 aliphatic rings. The highest BCUT2D eigenvalue weighted by atomic mass is 35.5. The Balaban J connectivity index is 3.26. The standard InChI is InChI=1S/C10H12ClNO2/c1-5-3-7(11)4-8(6(5)2)9(12)10(13)14/h3-4,9H,12H2,1-2H3,(H,13,14). The number of aliphatic carboxylic acids is 1. The molecule has 0 aromatic heterocycles. The minimum Gasteiger partial charge on any atom is -0.480 e. The van der Waals surface area contributed by atoms with E-state index in [-0.39, 0.29) is 0 Å². The Labute approximate surface area is 87.5 Å². The van der Waals surface area contributed by atoms with E-state index in [1.54, 1.807) is 12.1 Å². The first-order valence-corrected chi connectivity index (χ1v) is 4.56. The lowest BCUT2D eigenvalue weighted by molar-refractivity contribution is -0.138. The van der Waals surface area contributed by atoms with E-state index in [1.165, 1.54) is 0 Å². The van der Waals surface area contributed by atoms with Crippen molar-refractivity contribution in [2.75, 3.05) is 0 Å². The normalized spacial score (nSPS) is 12.6. The first-order chi connectivity index (χ1) is 6.43. The molecule has 0 bridgehead atoms. The monoisotopic (exact) mass is 213 g/mol. The number of halogens is 1. The van der Waals surface area contributed by atoms with Crippen LogP contribution < -0.4 is 5.73 Å². The smallest absolute Gasteiger partial charge is 0.325 e. The quantitative estimate of drug-likeness (QED) is 0.790. The Morgan fingerprint density at radius 3 is 2.57 bits per heavy atom. The Morgan fingerprint density at radius 1 is 1.50 bits per heavy atom. The molecule has 0 saturated heterocycles. The SMILES string of the molecule is Cc1cc(Cl)cc(C(N)C(=O)O)c1C. The van der Waals surface area contributed by atoms with Crippen molar-refractivity contribution in [1.82, 2.24) is 0 Å². The van der Waals surface area contributed by atoms with Gasteiger partial charge in [-0.3, -0.25) is 4.79 Å². The van der Waals surface area contributed by atoms with Gasteiger partial charge in [-0.05, 0) is 42.7 Å². The Bertz CT molecular complexity index is 377. The maximum absolute atomic E-state index is 10.7. The van der Waals surface area contributed by atoms with E-state index in [0.717, 1.165) is 11.1 Å². The third-order valence-electron chi connectivity index (χ3n) is 2.27. The summed E-state index contributed by atoms with van der Waals surface area (Å²) in [5.41, 5.74) is 7.92. The minimum atomic E-state index is -1.05. The zero-order valence-corrected chi connectivity index (χ0v) is 8.80. The number of carboxylic acids is 1. The molecule has 0 amide bonds. The molecule has 0 fully saturated rings. The lowest BCUT2D eigenvalue weighted by atomic mass is 9.98. The first kappa shape index (κ1) is 11.0. The highest BCUT2D eigenvalue weighted by Gasteiger charge is 2.17. The number of hydrogen-bond donors (Lipinski definition) is 2. The molecule has 76 valence electrons. The van der Waals surface area contributed by atoms with Crippen molar-refractivity contribution in [3.8, 4) is 0 Å². The van der Waals surface area contributed by atoms with Crippen LogP contribution in [0.4, 0.5) is 0 Å². The van der Waals surface area contributed by atoms with Crippen LogP contribution in [0.5, 0.6) is 0 Å².